The van der Waals surface area contributed by atoms with Gasteiger partial charge in [0.25, 0.3) is 0 Å². The van der Waals surface area contributed by atoms with Gasteiger partial charge < -0.3 is 5.11 Å². The zero-order valence-electron chi connectivity index (χ0n) is 13.8. The zero-order valence-corrected chi connectivity index (χ0v) is 14.7. The van der Waals surface area contributed by atoms with Crippen LogP contribution in [0.4, 0.5) is 4.39 Å². The van der Waals surface area contributed by atoms with E-state index in [4.69, 9.17) is 5.14 Å². The molecule has 0 aliphatic rings. The van der Waals surface area contributed by atoms with Gasteiger partial charge in [-0.25, -0.2) is 22.6 Å². The van der Waals surface area contributed by atoms with Gasteiger partial charge in [-0.1, -0.05) is 12.1 Å². The summed E-state index contributed by atoms with van der Waals surface area (Å²) >= 11 is 0. The first-order valence-electron chi connectivity index (χ1n) is 7.96. The standard InChI is InChI=1S/C18H18FN3O3S/c19-16-6-4-13(5-7-16)15-11-14(3-1-10-23)18(22-9-2-8-21-22)17(12-15)26(20,24)25/h2,4-9,11-12,23H,1,3,10H2,(H2,20,24,25). The minimum atomic E-state index is -4.04. The maximum absolute atomic E-state index is 13.2. The van der Waals surface area contributed by atoms with Gasteiger partial charge in [0.1, 0.15) is 10.7 Å². The molecule has 136 valence electrons. The number of aliphatic hydroxyl groups excluding tert-OH is 1. The topological polar surface area (TPSA) is 98.2 Å². The monoisotopic (exact) mass is 375 g/mol. The molecule has 0 saturated heterocycles. The predicted molar refractivity (Wildman–Crippen MR) is 95.7 cm³/mol. The average Bonchev–Trinajstić information content (AvgIpc) is 3.13. The van der Waals surface area contributed by atoms with Gasteiger partial charge in [-0.3, -0.25) is 0 Å². The third-order valence-corrected chi connectivity index (χ3v) is 4.90. The van der Waals surface area contributed by atoms with Crippen LogP contribution < -0.4 is 5.14 Å². The second-order valence-electron chi connectivity index (χ2n) is 5.81. The Hall–Kier alpha value is -2.55. The van der Waals surface area contributed by atoms with E-state index in [1.807, 2.05) is 6.07 Å². The predicted octanol–water partition coefficient (Wildman–Crippen LogP) is 2.25. The molecule has 3 N–H and O–H groups in total. The van der Waals surface area contributed by atoms with Crippen molar-refractivity contribution in [1.29, 1.82) is 0 Å². The molecule has 1 aromatic heterocycles. The fourth-order valence-corrected chi connectivity index (χ4v) is 3.60. The van der Waals surface area contributed by atoms with Gasteiger partial charge in [-0.15, -0.1) is 0 Å². The van der Waals surface area contributed by atoms with E-state index in [-0.39, 0.29) is 17.3 Å². The largest absolute Gasteiger partial charge is 0.396 e. The lowest BCUT2D eigenvalue weighted by Crippen LogP contribution is -2.17. The number of aromatic nitrogens is 2. The van der Waals surface area contributed by atoms with E-state index < -0.39 is 10.0 Å². The molecule has 0 fully saturated rings. The van der Waals surface area contributed by atoms with Gasteiger partial charge in [-0.05, 0) is 59.9 Å². The lowest BCUT2D eigenvalue weighted by molar-refractivity contribution is 0.288. The molecule has 0 amide bonds. The van der Waals surface area contributed by atoms with Crippen molar-refractivity contribution in [1.82, 2.24) is 9.78 Å². The first-order chi connectivity index (χ1) is 12.4. The Bertz CT molecular complexity index is 1000. The highest BCUT2D eigenvalue weighted by Crippen LogP contribution is 2.31. The summed E-state index contributed by atoms with van der Waals surface area (Å²) in [5.41, 5.74) is 2.29. The number of aryl methyl sites for hydroxylation is 1. The molecule has 0 bridgehead atoms. The van der Waals surface area contributed by atoms with Crippen molar-refractivity contribution in [2.45, 2.75) is 17.7 Å². The van der Waals surface area contributed by atoms with Gasteiger partial charge in [0.2, 0.25) is 10.0 Å². The summed E-state index contributed by atoms with van der Waals surface area (Å²) in [6.45, 7) is -0.0377. The minimum absolute atomic E-state index is 0.0377. The molecule has 1 heterocycles. The maximum Gasteiger partial charge on any atom is 0.240 e. The quantitative estimate of drug-likeness (QED) is 0.690. The van der Waals surface area contributed by atoms with Crippen LogP contribution in [0, 0.1) is 5.82 Å². The Morgan fingerprint density at radius 3 is 2.46 bits per heavy atom. The molecule has 0 aliphatic carbocycles. The van der Waals surface area contributed by atoms with Crippen LogP contribution in [-0.2, 0) is 16.4 Å². The molecule has 8 heteroatoms. The summed E-state index contributed by atoms with van der Waals surface area (Å²) in [6.07, 6.45) is 4.05. The molecule has 0 unspecified atom stereocenters. The van der Waals surface area contributed by atoms with Gasteiger partial charge in [0, 0.05) is 19.0 Å². The normalized spacial score (nSPS) is 11.7. The van der Waals surface area contributed by atoms with Crippen LogP contribution in [0.1, 0.15) is 12.0 Å². The third-order valence-electron chi connectivity index (χ3n) is 3.98. The van der Waals surface area contributed by atoms with Crippen LogP contribution in [0.15, 0.2) is 59.8 Å². The summed E-state index contributed by atoms with van der Waals surface area (Å²) in [5, 5.41) is 18.8. The van der Waals surface area contributed by atoms with E-state index >= 15 is 0 Å². The fourth-order valence-electron chi connectivity index (χ4n) is 2.81. The lowest BCUT2D eigenvalue weighted by atomic mass is 9.99. The van der Waals surface area contributed by atoms with Gasteiger partial charge in [-0.2, -0.15) is 5.10 Å². The van der Waals surface area contributed by atoms with Crippen LogP contribution in [0.5, 0.6) is 0 Å². The maximum atomic E-state index is 13.2. The molecule has 3 rings (SSSR count). The lowest BCUT2D eigenvalue weighted by Gasteiger charge is -2.16. The number of primary sulfonamides is 1. The molecule has 3 aromatic rings. The molecule has 6 nitrogen and oxygen atoms in total. The molecular formula is C18H18FN3O3S. The summed E-state index contributed by atoms with van der Waals surface area (Å²) in [5.74, 6) is -0.380. The average molecular weight is 375 g/mol. The summed E-state index contributed by atoms with van der Waals surface area (Å²) in [7, 11) is -4.04. The van der Waals surface area contributed by atoms with Crippen molar-refractivity contribution in [2.75, 3.05) is 6.61 Å². The van der Waals surface area contributed by atoms with E-state index in [1.54, 1.807) is 24.4 Å². The van der Waals surface area contributed by atoms with Crippen molar-refractivity contribution in [3.05, 3.63) is 66.2 Å². The first kappa shape index (κ1) is 18.2. The van der Waals surface area contributed by atoms with E-state index in [2.05, 4.69) is 5.10 Å². The molecule has 0 saturated carbocycles. The molecular weight excluding hydrogens is 357 g/mol. The Morgan fingerprint density at radius 1 is 1.15 bits per heavy atom. The van der Waals surface area contributed by atoms with Crippen molar-refractivity contribution < 1.29 is 17.9 Å². The van der Waals surface area contributed by atoms with Crippen LogP contribution >= 0.6 is 0 Å². The summed E-state index contributed by atoms with van der Waals surface area (Å²) in [4.78, 5) is -0.0732. The molecule has 0 atom stereocenters. The molecule has 0 aliphatic heterocycles. The second kappa shape index (κ2) is 7.36. The number of hydrogen-bond donors (Lipinski definition) is 2. The Morgan fingerprint density at radius 2 is 1.88 bits per heavy atom. The van der Waals surface area contributed by atoms with Gasteiger partial charge in [0.05, 0.1) is 5.69 Å². The number of nitrogens with two attached hydrogens (primary N) is 1. The Balaban J connectivity index is 2.28. The molecule has 0 radical (unpaired) electrons. The van der Waals surface area contributed by atoms with Crippen molar-refractivity contribution in [2.24, 2.45) is 5.14 Å². The van der Waals surface area contributed by atoms with Gasteiger partial charge >= 0.3 is 0 Å². The van der Waals surface area contributed by atoms with Crippen LogP contribution in [-0.4, -0.2) is 29.9 Å². The number of nitrogens with zero attached hydrogens (tertiary/aromatic N) is 2. The Kier molecular flexibility index (Phi) is 5.17. The van der Waals surface area contributed by atoms with Crippen molar-refractivity contribution in [3.8, 4) is 16.8 Å². The number of sulfonamides is 1. The Labute approximate surface area is 150 Å². The highest BCUT2D eigenvalue weighted by atomic mass is 32.2. The van der Waals surface area contributed by atoms with Crippen molar-refractivity contribution in [3.63, 3.8) is 0 Å². The van der Waals surface area contributed by atoms with Crippen molar-refractivity contribution >= 4 is 10.0 Å². The third kappa shape index (κ3) is 3.82. The number of halogens is 1. The molecule has 2 aromatic carbocycles. The fraction of sp³-hybridized carbons (Fsp3) is 0.167. The SMILES string of the molecule is NS(=O)(=O)c1cc(-c2ccc(F)cc2)cc(CCCO)c1-n1cccn1. The minimum Gasteiger partial charge on any atom is -0.396 e. The smallest absolute Gasteiger partial charge is 0.240 e. The molecule has 26 heavy (non-hydrogen) atoms. The number of aliphatic hydroxyl groups is 1. The van der Waals surface area contributed by atoms with Crippen LogP contribution in [0.2, 0.25) is 0 Å². The van der Waals surface area contributed by atoms with Gasteiger partial charge in [0.15, 0.2) is 0 Å². The second-order valence-corrected chi connectivity index (χ2v) is 7.34. The highest BCUT2D eigenvalue weighted by Gasteiger charge is 2.21. The number of hydrogen-bond acceptors (Lipinski definition) is 4. The first-order valence-corrected chi connectivity index (χ1v) is 9.51. The highest BCUT2D eigenvalue weighted by molar-refractivity contribution is 7.89. The zero-order chi connectivity index (χ0) is 18.7. The number of benzene rings is 2. The summed E-state index contributed by atoms with van der Waals surface area (Å²) < 4.78 is 39.1. The molecule has 0 spiro atoms. The van der Waals surface area contributed by atoms with E-state index in [0.717, 1.165) is 0 Å². The van der Waals surface area contributed by atoms with Crippen LogP contribution in [0.25, 0.3) is 16.8 Å². The van der Waals surface area contributed by atoms with E-state index in [9.17, 15) is 17.9 Å². The summed E-state index contributed by atoms with van der Waals surface area (Å²) in [6, 6.07) is 10.7. The van der Waals surface area contributed by atoms with Crippen LogP contribution in [0.3, 0.4) is 0 Å². The van der Waals surface area contributed by atoms with E-state index in [0.29, 0.717) is 35.2 Å². The van der Waals surface area contributed by atoms with E-state index in [1.165, 1.54) is 29.1 Å². The number of rotatable bonds is 6.